The lowest BCUT2D eigenvalue weighted by Gasteiger charge is -2.37. The Labute approximate surface area is 129 Å². The van der Waals surface area contributed by atoms with Crippen molar-refractivity contribution in [3.8, 4) is 0 Å². The van der Waals surface area contributed by atoms with Crippen molar-refractivity contribution in [1.29, 1.82) is 0 Å². The number of aliphatic hydroxyl groups is 1. The van der Waals surface area contributed by atoms with E-state index in [1.54, 1.807) is 0 Å². The Morgan fingerprint density at radius 1 is 1.24 bits per heavy atom. The summed E-state index contributed by atoms with van der Waals surface area (Å²) in [6.07, 6.45) is 6.98. The lowest BCUT2D eigenvalue weighted by Crippen LogP contribution is -2.45. The largest absolute Gasteiger partial charge is 0.389 e. The third kappa shape index (κ3) is 3.87. The summed E-state index contributed by atoms with van der Waals surface area (Å²) in [4.78, 5) is 0. The van der Waals surface area contributed by atoms with Crippen LogP contribution in [0.25, 0.3) is 0 Å². The lowest BCUT2D eigenvalue weighted by atomic mass is 9.78. The molecule has 3 atom stereocenters. The molecule has 3 rings (SSSR count). The van der Waals surface area contributed by atoms with E-state index in [0.29, 0.717) is 12.0 Å². The maximum atomic E-state index is 10.8. The van der Waals surface area contributed by atoms with Crippen molar-refractivity contribution in [3.63, 3.8) is 0 Å². The maximum absolute atomic E-state index is 10.8. The molecular weight excluding hydrogens is 258 g/mol. The van der Waals surface area contributed by atoms with Crippen LogP contribution in [0.3, 0.4) is 0 Å². The standard InChI is InChI=1S/C19H29NO/c1-14-5-7-16(8-6-14)18(17-9-10-17)20-13-19(21)11-3-4-15(2)12-19/h5-8,15,17-18,20-21H,3-4,9-13H2,1-2H3. The zero-order valence-electron chi connectivity index (χ0n) is 13.4. The Morgan fingerprint density at radius 2 is 1.95 bits per heavy atom. The summed E-state index contributed by atoms with van der Waals surface area (Å²) in [6, 6.07) is 9.32. The molecule has 0 aromatic heterocycles. The number of hydrogen-bond donors (Lipinski definition) is 2. The summed E-state index contributed by atoms with van der Waals surface area (Å²) in [5.74, 6) is 1.42. The molecule has 1 aromatic carbocycles. The van der Waals surface area contributed by atoms with Crippen LogP contribution >= 0.6 is 0 Å². The molecule has 116 valence electrons. The van der Waals surface area contributed by atoms with Gasteiger partial charge in [-0.2, -0.15) is 0 Å². The number of nitrogens with one attached hydrogen (secondary N) is 1. The smallest absolute Gasteiger partial charge is 0.0774 e. The van der Waals surface area contributed by atoms with Crippen molar-refractivity contribution in [2.45, 2.75) is 64.0 Å². The highest BCUT2D eigenvalue weighted by molar-refractivity contribution is 5.25. The molecule has 0 spiro atoms. The maximum Gasteiger partial charge on any atom is 0.0774 e. The average Bonchev–Trinajstić information content (AvgIpc) is 3.25. The fourth-order valence-corrected chi connectivity index (χ4v) is 3.85. The minimum Gasteiger partial charge on any atom is -0.389 e. The van der Waals surface area contributed by atoms with Crippen LogP contribution in [0.1, 0.15) is 62.6 Å². The minimum atomic E-state index is -0.491. The molecule has 0 heterocycles. The third-order valence-corrected chi connectivity index (χ3v) is 5.25. The molecule has 21 heavy (non-hydrogen) atoms. The van der Waals surface area contributed by atoms with Crippen molar-refractivity contribution in [2.24, 2.45) is 11.8 Å². The molecule has 2 nitrogen and oxygen atoms in total. The van der Waals surface area contributed by atoms with Crippen LogP contribution in [0, 0.1) is 18.8 Å². The van der Waals surface area contributed by atoms with Gasteiger partial charge in [0.05, 0.1) is 5.60 Å². The Bertz CT molecular complexity index is 465. The molecule has 3 unspecified atom stereocenters. The first kappa shape index (κ1) is 15.1. The molecule has 0 aliphatic heterocycles. The summed E-state index contributed by atoms with van der Waals surface area (Å²) >= 11 is 0. The van der Waals surface area contributed by atoms with Gasteiger partial charge < -0.3 is 10.4 Å². The van der Waals surface area contributed by atoms with Crippen molar-refractivity contribution in [2.75, 3.05) is 6.54 Å². The molecule has 2 aliphatic carbocycles. The van der Waals surface area contributed by atoms with Gasteiger partial charge in [0.1, 0.15) is 0 Å². The van der Waals surface area contributed by atoms with Crippen LogP contribution in [0.15, 0.2) is 24.3 Å². The second-order valence-corrected chi connectivity index (χ2v) is 7.53. The van der Waals surface area contributed by atoms with Crippen molar-refractivity contribution >= 4 is 0 Å². The molecule has 2 N–H and O–H groups in total. The van der Waals surface area contributed by atoms with Crippen LogP contribution in [0.4, 0.5) is 0 Å². The van der Waals surface area contributed by atoms with E-state index in [9.17, 15) is 5.11 Å². The van der Waals surface area contributed by atoms with Crippen LogP contribution in [0.2, 0.25) is 0 Å². The van der Waals surface area contributed by atoms with Gasteiger partial charge in [0.15, 0.2) is 0 Å². The molecule has 2 saturated carbocycles. The van der Waals surface area contributed by atoms with Gasteiger partial charge in [-0.15, -0.1) is 0 Å². The van der Waals surface area contributed by atoms with E-state index in [0.717, 1.165) is 31.7 Å². The monoisotopic (exact) mass is 287 g/mol. The number of aryl methyl sites for hydroxylation is 1. The molecule has 1 aromatic rings. The van der Waals surface area contributed by atoms with Crippen LogP contribution < -0.4 is 5.32 Å². The Morgan fingerprint density at radius 3 is 2.57 bits per heavy atom. The zero-order chi connectivity index (χ0) is 14.9. The fourth-order valence-electron chi connectivity index (χ4n) is 3.85. The molecule has 0 bridgehead atoms. The van der Waals surface area contributed by atoms with E-state index in [-0.39, 0.29) is 0 Å². The Balaban J connectivity index is 1.64. The Kier molecular flexibility index (Phi) is 4.37. The number of benzene rings is 1. The van der Waals surface area contributed by atoms with E-state index in [4.69, 9.17) is 0 Å². The lowest BCUT2D eigenvalue weighted by molar-refractivity contribution is -0.0142. The summed E-state index contributed by atoms with van der Waals surface area (Å²) in [6.45, 7) is 5.14. The fraction of sp³-hybridized carbons (Fsp3) is 0.684. The highest BCUT2D eigenvalue weighted by Crippen LogP contribution is 2.41. The molecule has 2 fully saturated rings. The first-order valence-electron chi connectivity index (χ1n) is 8.58. The highest BCUT2D eigenvalue weighted by Gasteiger charge is 2.36. The number of rotatable bonds is 5. The summed E-state index contributed by atoms with van der Waals surface area (Å²) < 4.78 is 0. The van der Waals surface area contributed by atoms with Crippen LogP contribution in [-0.2, 0) is 0 Å². The molecule has 0 amide bonds. The predicted octanol–water partition coefficient (Wildman–Crippen LogP) is 3.98. The topological polar surface area (TPSA) is 32.3 Å². The van der Waals surface area contributed by atoms with Crippen molar-refractivity contribution < 1.29 is 5.11 Å². The summed E-state index contributed by atoms with van der Waals surface area (Å²) in [5.41, 5.74) is 2.21. The second kappa shape index (κ2) is 6.10. The predicted molar refractivity (Wildman–Crippen MR) is 87.2 cm³/mol. The molecule has 2 heteroatoms. The van der Waals surface area contributed by atoms with Gasteiger partial charge in [0.25, 0.3) is 0 Å². The molecule has 0 saturated heterocycles. The van der Waals surface area contributed by atoms with Gasteiger partial charge in [-0.3, -0.25) is 0 Å². The second-order valence-electron chi connectivity index (χ2n) is 7.53. The van der Waals surface area contributed by atoms with E-state index in [2.05, 4.69) is 43.4 Å². The Hall–Kier alpha value is -0.860. The molecular formula is C19H29NO. The van der Waals surface area contributed by atoms with Crippen LogP contribution in [0.5, 0.6) is 0 Å². The van der Waals surface area contributed by atoms with Gasteiger partial charge in [0.2, 0.25) is 0 Å². The first-order valence-corrected chi connectivity index (χ1v) is 8.58. The average molecular weight is 287 g/mol. The van der Waals surface area contributed by atoms with Gasteiger partial charge >= 0.3 is 0 Å². The summed E-state index contributed by atoms with van der Waals surface area (Å²) in [7, 11) is 0. The van der Waals surface area contributed by atoms with Gasteiger partial charge in [-0.05, 0) is 50.0 Å². The molecule has 0 radical (unpaired) electrons. The zero-order valence-corrected chi connectivity index (χ0v) is 13.4. The van der Waals surface area contributed by atoms with E-state index in [1.165, 1.54) is 30.4 Å². The minimum absolute atomic E-state index is 0.423. The van der Waals surface area contributed by atoms with Crippen molar-refractivity contribution in [1.82, 2.24) is 5.32 Å². The van der Waals surface area contributed by atoms with E-state index in [1.807, 2.05) is 0 Å². The first-order chi connectivity index (χ1) is 10.1. The van der Waals surface area contributed by atoms with Crippen molar-refractivity contribution in [3.05, 3.63) is 35.4 Å². The normalized spacial score (nSPS) is 31.1. The molecule has 2 aliphatic rings. The third-order valence-electron chi connectivity index (χ3n) is 5.25. The van der Waals surface area contributed by atoms with E-state index >= 15 is 0 Å². The van der Waals surface area contributed by atoms with Gasteiger partial charge in [-0.1, -0.05) is 49.6 Å². The SMILES string of the molecule is Cc1ccc(C(NCC2(O)CCCC(C)C2)C2CC2)cc1. The highest BCUT2D eigenvalue weighted by atomic mass is 16.3. The van der Waals surface area contributed by atoms with Gasteiger partial charge in [-0.25, -0.2) is 0 Å². The van der Waals surface area contributed by atoms with E-state index < -0.39 is 5.60 Å². The van der Waals surface area contributed by atoms with Crippen LogP contribution in [-0.4, -0.2) is 17.3 Å². The quantitative estimate of drug-likeness (QED) is 0.858. The number of hydrogen-bond acceptors (Lipinski definition) is 2. The van der Waals surface area contributed by atoms with Gasteiger partial charge in [0, 0.05) is 12.6 Å². The summed E-state index contributed by atoms with van der Waals surface area (Å²) in [5, 5.41) is 14.5.